The van der Waals surface area contributed by atoms with Crippen molar-refractivity contribution >= 4 is 42.3 Å². The van der Waals surface area contributed by atoms with Crippen LogP contribution in [0.25, 0.3) is 21.5 Å². The van der Waals surface area contributed by atoms with Crippen molar-refractivity contribution < 1.29 is 0 Å². The lowest BCUT2D eigenvalue weighted by atomic mass is 10.1. The van der Waals surface area contributed by atoms with Crippen LogP contribution in [0.1, 0.15) is 11.3 Å². The normalized spacial score (nSPS) is 11.1. The zero-order valence-corrected chi connectivity index (χ0v) is 14.3. The molecule has 3 nitrogen and oxygen atoms in total. The second-order valence-electron chi connectivity index (χ2n) is 5.41. The molecule has 0 unspecified atom stereocenters. The van der Waals surface area contributed by atoms with Crippen molar-refractivity contribution in [3.8, 4) is 10.6 Å². The molecular weight excluding hydrogens is 313 g/mol. The van der Waals surface area contributed by atoms with E-state index in [4.69, 9.17) is 11.6 Å². The van der Waals surface area contributed by atoms with Crippen LogP contribution in [-0.2, 0) is 12.3 Å². The van der Waals surface area contributed by atoms with Crippen molar-refractivity contribution in [1.29, 1.82) is 0 Å². The summed E-state index contributed by atoms with van der Waals surface area (Å²) in [5, 5.41) is 4.35. The molecule has 0 atom stereocenters. The second kappa shape index (κ2) is 7.31. The summed E-state index contributed by atoms with van der Waals surface area (Å²) in [6.07, 6.45) is 3.16. The molecule has 22 heavy (non-hydrogen) atoms. The Labute approximate surface area is 141 Å². The van der Waals surface area contributed by atoms with Crippen molar-refractivity contribution in [2.45, 2.75) is 12.3 Å². The Hall–Kier alpha value is -1.30. The number of H-pyrrole nitrogens is 1. The van der Waals surface area contributed by atoms with Gasteiger partial charge in [-0.2, -0.15) is 0 Å². The van der Waals surface area contributed by atoms with Crippen LogP contribution < -0.4 is 0 Å². The summed E-state index contributed by atoms with van der Waals surface area (Å²) in [4.78, 5) is 10.1. The van der Waals surface area contributed by atoms with Crippen molar-refractivity contribution in [1.82, 2.24) is 14.9 Å². The maximum atomic E-state index is 5.84. The quantitative estimate of drug-likeness (QED) is 0.570. The van der Waals surface area contributed by atoms with E-state index in [1.165, 1.54) is 16.5 Å². The van der Waals surface area contributed by atoms with E-state index in [2.05, 4.69) is 53.4 Å². The topological polar surface area (TPSA) is 31.9 Å². The van der Waals surface area contributed by atoms with E-state index in [1.54, 1.807) is 11.3 Å². The maximum Gasteiger partial charge on any atom is 0.123 e. The first kappa shape index (κ1) is 17.1. The van der Waals surface area contributed by atoms with Gasteiger partial charge in [-0.3, -0.25) is 0 Å². The predicted molar refractivity (Wildman–Crippen MR) is 97.0 cm³/mol. The highest BCUT2D eigenvalue weighted by Gasteiger charge is 2.09. The Bertz CT molecular complexity index is 751. The van der Waals surface area contributed by atoms with E-state index in [9.17, 15) is 0 Å². The Kier molecular flexibility index (Phi) is 5.67. The lowest BCUT2D eigenvalue weighted by molar-refractivity contribution is 0.414. The van der Waals surface area contributed by atoms with E-state index in [0.717, 1.165) is 29.2 Å². The van der Waals surface area contributed by atoms with Gasteiger partial charge in [0, 0.05) is 43.0 Å². The highest BCUT2D eigenvalue weighted by atomic mass is 35.5. The van der Waals surface area contributed by atoms with Crippen LogP contribution in [0.4, 0.5) is 0 Å². The molecule has 113 valence electrons. The molecule has 0 saturated carbocycles. The molecule has 0 bridgehead atoms. The summed E-state index contributed by atoms with van der Waals surface area (Å²) in [5.74, 6) is 0.469. The fourth-order valence-corrected chi connectivity index (χ4v) is 3.41. The lowest BCUT2D eigenvalue weighted by Crippen LogP contribution is -2.14. The van der Waals surface area contributed by atoms with Gasteiger partial charge < -0.3 is 9.88 Å². The number of nitrogens with one attached hydrogen (secondary N) is 1. The SMILES string of the molecule is CN(C)CCc1c[nH]c2ccc(-c3nc(CCl)cs3)cc12.[B]. The number of fused-ring (bicyclic) bond motifs is 1. The molecule has 6 heteroatoms. The van der Waals surface area contributed by atoms with Crippen molar-refractivity contribution in [3.63, 3.8) is 0 Å². The first-order valence-corrected chi connectivity index (χ1v) is 8.34. The molecular formula is C16H18BClN3S. The minimum Gasteiger partial charge on any atom is -0.361 e. The first-order valence-electron chi connectivity index (χ1n) is 6.93. The van der Waals surface area contributed by atoms with Gasteiger partial charge in [-0.15, -0.1) is 22.9 Å². The molecule has 1 aromatic carbocycles. The molecule has 0 amide bonds. The molecule has 3 rings (SSSR count). The zero-order chi connectivity index (χ0) is 14.8. The minimum atomic E-state index is 0. The van der Waals surface area contributed by atoms with Gasteiger partial charge in [-0.05, 0) is 44.3 Å². The van der Waals surface area contributed by atoms with Crippen LogP contribution in [0.2, 0.25) is 0 Å². The van der Waals surface area contributed by atoms with Gasteiger partial charge in [-0.25, -0.2) is 4.98 Å². The average Bonchev–Trinajstić information content (AvgIpc) is 3.11. The number of aromatic amines is 1. The fraction of sp³-hybridized carbons (Fsp3) is 0.312. The van der Waals surface area contributed by atoms with Crippen molar-refractivity contribution in [3.05, 3.63) is 41.0 Å². The number of hydrogen-bond donors (Lipinski definition) is 1. The van der Waals surface area contributed by atoms with Gasteiger partial charge in [0.25, 0.3) is 0 Å². The lowest BCUT2D eigenvalue weighted by Gasteiger charge is -2.08. The highest BCUT2D eigenvalue weighted by molar-refractivity contribution is 7.13. The number of aromatic nitrogens is 2. The van der Waals surface area contributed by atoms with Crippen LogP contribution in [0.15, 0.2) is 29.8 Å². The third-order valence-electron chi connectivity index (χ3n) is 3.53. The molecule has 0 saturated heterocycles. The van der Waals surface area contributed by atoms with Crippen LogP contribution in [0, 0.1) is 0 Å². The van der Waals surface area contributed by atoms with E-state index < -0.39 is 0 Å². The summed E-state index contributed by atoms with van der Waals surface area (Å²) in [6.45, 7) is 1.05. The van der Waals surface area contributed by atoms with Gasteiger partial charge in [0.15, 0.2) is 0 Å². The molecule has 0 aliphatic heterocycles. The minimum absolute atomic E-state index is 0. The molecule has 3 radical (unpaired) electrons. The van der Waals surface area contributed by atoms with Crippen LogP contribution >= 0.6 is 22.9 Å². The summed E-state index contributed by atoms with van der Waals surface area (Å²) in [5.41, 5.74) is 4.64. The van der Waals surface area contributed by atoms with E-state index in [1.807, 2.05) is 5.38 Å². The van der Waals surface area contributed by atoms with Crippen molar-refractivity contribution in [2.24, 2.45) is 0 Å². The van der Waals surface area contributed by atoms with Crippen LogP contribution in [-0.4, -0.2) is 43.9 Å². The van der Waals surface area contributed by atoms with Gasteiger partial charge in [0.2, 0.25) is 0 Å². The number of likely N-dealkylation sites (N-methyl/N-ethyl adjacent to an activating group) is 1. The zero-order valence-electron chi connectivity index (χ0n) is 12.8. The van der Waals surface area contributed by atoms with Gasteiger partial charge in [0.05, 0.1) is 11.6 Å². The molecule has 0 aliphatic rings. The summed E-state index contributed by atoms with van der Waals surface area (Å²) in [7, 11) is 4.20. The Morgan fingerprint density at radius 3 is 2.82 bits per heavy atom. The van der Waals surface area contributed by atoms with Crippen LogP contribution in [0.3, 0.4) is 0 Å². The molecule has 1 N–H and O–H groups in total. The average molecular weight is 331 g/mol. The van der Waals surface area contributed by atoms with E-state index in [-0.39, 0.29) is 8.41 Å². The number of thiazole rings is 1. The molecule has 2 aromatic heterocycles. The second-order valence-corrected chi connectivity index (χ2v) is 6.53. The number of nitrogens with zero attached hydrogens (tertiary/aromatic N) is 2. The molecule has 3 aromatic rings. The number of hydrogen-bond acceptors (Lipinski definition) is 3. The molecule has 2 heterocycles. The van der Waals surface area contributed by atoms with Gasteiger partial charge in [0.1, 0.15) is 5.01 Å². The van der Waals surface area contributed by atoms with Gasteiger partial charge >= 0.3 is 0 Å². The first-order chi connectivity index (χ1) is 10.2. The Morgan fingerprint density at radius 1 is 1.32 bits per heavy atom. The Morgan fingerprint density at radius 2 is 2.14 bits per heavy atom. The third-order valence-corrected chi connectivity index (χ3v) is 4.75. The number of benzene rings is 1. The Balaban J connectivity index is 0.00000176. The number of rotatable bonds is 5. The molecule has 0 aliphatic carbocycles. The van der Waals surface area contributed by atoms with Crippen LogP contribution in [0.5, 0.6) is 0 Å². The van der Waals surface area contributed by atoms with Gasteiger partial charge in [-0.1, -0.05) is 0 Å². The third kappa shape index (κ3) is 3.54. The summed E-state index contributed by atoms with van der Waals surface area (Å²) in [6, 6.07) is 6.48. The highest BCUT2D eigenvalue weighted by Crippen LogP contribution is 2.29. The largest absolute Gasteiger partial charge is 0.361 e. The number of alkyl halides is 1. The predicted octanol–water partition coefficient (Wildman–Crippen LogP) is 3.75. The molecule has 0 fully saturated rings. The van der Waals surface area contributed by atoms with E-state index >= 15 is 0 Å². The number of halogens is 1. The summed E-state index contributed by atoms with van der Waals surface area (Å²) < 4.78 is 0. The molecule has 0 spiro atoms. The fourth-order valence-electron chi connectivity index (χ4n) is 2.36. The maximum absolute atomic E-state index is 5.84. The van der Waals surface area contributed by atoms with E-state index in [0.29, 0.717) is 5.88 Å². The van der Waals surface area contributed by atoms with Crippen molar-refractivity contribution in [2.75, 3.05) is 20.6 Å². The monoisotopic (exact) mass is 330 g/mol. The smallest absolute Gasteiger partial charge is 0.123 e. The summed E-state index contributed by atoms with van der Waals surface area (Å²) >= 11 is 7.48. The standard InChI is InChI=1S/C16H18ClN3S.B/c1-20(2)6-5-12-9-18-15-4-3-11(7-14(12)15)16-19-13(8-17)10-21-16;/h3-4,7,9-10,18H,5-6,8H2,1-2H3;.